The van der Waals surface area contributed by atoms with Crippen molar-refractivity contribution < 1.29 is 4.79 Å². The summed E-state index contributed by atoms with van der Waals surface area (Å²) in [5.74, 6) is 1.36. The SMILES string of the molecule is CC(C(=O)NCc1nnc(-c2ccccc2)n1C)n1cccn1. The van der Waals surface area contributed by atoms with Crippen molar-refractivity contribution in [1.29, 1.82) is 0 Å². The second-order valence-electron chi connectivity index (χ2n) is 5.24. The van der Waals surface area contributed by atoms with Crippen molar-refractivity contribution in [3.05, 3.63) is 54.6 Å². The maximum Gasteiger partial charge on any atom is 0.244 e. The molecule has 2 heterocycles. The molecule has 7 heteroatoms. The summed E-state index contributed by atoms with van der Waals surface area (Å²) in [6, 6.07) is 11.2. The van der Waals surface area contributed by atoms with Gasteiger partial charge in [0.2, 0.25) is 5.91 Å². The molecule has 0 saturated carbocycles. The Hall–Kier alpha value is -2.96. The first kappa shape index (κ1) is 15.0. The molecule has 0 fully saturated rings. The highest BCUT2D eigenvalue weighted by atomic mass is 16.2. The Morgan fingerprint density at radius 1 is 1.22 bits per heavy atom. The maximum atomic E-state index is 12.2. The zero-order valence-corrected chi connectivity index (χ0v) is 13.0. The van der Waals surface area contributed by atoms with Gasteiger partial charge < -0.3 is 9.88 Å². The molecule has 0 bridgehead atoms. The van der Waals surface area contributed by atoms with Crippen LogP contribution in [0.1, 0.15) is 18.8 Å². The molecule has 3 rings (SSSR count). The summed E-state index contributed by atoms with van der Waals surface area (Å²) >= 11 is 0. The molecule has 0 aliphatic carbocycles. The molecule has 7 nitrogen and oxygen atoms in total. The lowest BCUT2D eigenvalue weighted by atomic mass is 10.2. The predicted octanol–water partition coefficient (Wildman–Crippen LogP) is 1.56. The summed E-state index contributed by atoms with van der Waals surface area (Å²) in [5, 5.41) is 15.3. The fourth-order valence-electron chi connectivity index (χ4n) is 2.30. The van der Waals surface area contributed by atoms with Gasteiger partial charge >= 0.3 is 0 Å². The maximum absolute atomic E-state index is 12.2. The van der Waals surface area contributed by atoms with E-state index in [9.17, 15) is 4.79 Å². The van der Waals surface area contributed by atoms with E-state index in [1.807, 2.05) is 41.9 Å². The van der Waals surface area contributed by atoms with Gasteiger partial charge in [-0.15, -0.1) is 10.2 Å². The van der Waals surface area contributed by atoms with Gasteiger partial charge in [-0.25, -0.2) is 0 Å². The first-order chi connectivity index (χ1) is 11.2. The molecule has 0 aliphatic rings. The van der Waals surface area contributed by atoms with Gasteiger partial charge in [0.1, 0.15) is 6.04 Å². The van der Waals surface area contributed by atoms with E-state index in [1.165, 1.54) is 0 Å². The molecule has 0 aliphatic heterocycles. The highest BCUT2D eigenvalue weighted by molar-refractivity contribution is 5.79. The number of rotatable bonds is 5. The van der Waals surface area contributed by atoms with Crippen LogP contribution in [0, 0.1) is 0 Å². The van der Waals surface area contributed by atoms with Crippen molar-refractivity contribution >= 4 is 5.91 Å². The van der Waals surface area contributed by atoms with Gasteiger partial charge in [-0.2, -0.15) is 5.10 Å². The molecular formula is C16H18N6O. The van der Waals surface area contributed by atoms with Crippen LogP contribution in [0.2, 0.25) is 0 Å². The van der Waals surface area contributed by atoms with Crippen LogP contribution in [0.5, 0.6) is 0 Å². The molecule has 1 unspecified atom stereocenters. The number of hydrogen-bond donors (Lipinski definition) is 1. The van der Waals surface area contributed by atoms with Crippen LogP contribution >= 0.6 is 0 Å². The van der Waals surface area contributed by atoms with Crippen molar-refractivity contribution in [2.24, 2.45) is 7.05 Å². The summed E-state index contributed by atoms with van der Waals surface area (Å²) in [7, 11) is 1.89. The van der Waals surface area contributed by atoms with Crippen LogP contribution in [-0.2, 0) is 18.4 Å². The van der Waals surface area contributed by atoms with Gasteiger partial charge in [0.05, 0.1) is 6.54 Å². The fourth-order valence-corrected chi connectivity index (χ4v) is 2.30. The van der Waals surface area contributed by atoms with E-state index in [1.54, 1.807) is 30.1 Å². The second kappa shape index (κ2) is 6.43. The lowest BCUT2D eigenvalue weighted by molar-refractivity contribution is -0.124. The van der Waals surface area contributed by atoms with Gasteiger partial charge in [0, 0.05) is 25.0 Å². The average molecular weight is 310 g/mol. The number of amides is 1. The van der Waals surface area contributed by atoms with Crippen LogP contribution in [0.4, 0.5) is 0 Å². The molecule has 118 valence electrons. The van der Waals surface area contributed by atoms with Crippen molar-refractivity contribution in [3.8, 4) is 11.4 Å². The summed E-state index contributed by atoms with van der Waals surface area (Å²) in [6.45, 7) is 2.12. The third kappa shape index (κ3) is 3.13. The van der Waals surface area contributed by atoms with E-state index < -0.39 is 0 Å². The Labute approximate surface area is 134 Å². The number of carbonyl (C=O) groups is 1. The molecule has 1 aromatic carbocycles. The number of nitrogens with zero attached hydrogens (tertiary/aromatic N) is 5. The van der Waals surface area contributed by atoms with Crippen molar-refractivity contribution in [2.45, 2.75) is 19.5 Å². The third-order valence-corrected chi connectivity index (χ3v) is 3.72. The lowest BCUT2D eigenvalue weighted by Crippen LogP contribution is -2.31. The first-order valence-corrected chi connectivity index (χ1v) is 7.37. The molecule has 2 aromatic heterocycles. The normalized spacial score (nSPS) is 12.1. The van der Waals surface area contributed by atoms with Gasteiger partial charge in [0.25, 0.3) is 0 Å². The molecule has 3 aromatic rings. The van der Waals surface area contributed by atoms with Crippen LogP contribution in [0.15, 0.2) is 48.8 Å². The Balaban J connectivity index is 1.67. The van der Waals surface area contributed by atoms with E-state index in [4.69, 9.17) is 0 Å². The van der Waals surface area contributed by atoms with Gasteiger partial charge in [0.15, 0.2) is 11.6 Å². The molecule has 23 heavy (non-hydrogen) atoms. The minimum absolute atomic E-state index is 0.113. The minimum Gasteiger partial charge on any atom is -0.347 e. The van der Waals surface area contributed by atoms with Crippen LogP contribution < -0.4 is 5.32 Å². The second-order valence-corrected chi connectivity index (χ2v) is 5.24. The average Bonchev–Trinajstić information content (AvgIpc) is 3.23. The van der Waals surface area contributed by atoms with E-state index in [-0.39, 0.29) is 11.9 Å². The zero-order chi connectivity index (χ0) is 16.2. The van der Waals surface area contributed by atoms with Crippen molar-refractivity contribution in [3.63, 3.8) is 0 Å². The Bertz CT molecular complexity index is 778. The summed E-state index contributed by atoms with van der Waals surface area (Å²) in [4.78, 5) is 12.2. The largest absolute Gasteiger partial charge is 0.347 e. The number of nitrogens with one attached hydrogen (secondary N) is 1. The molecule has 1 N–H and O–H groups in total. The lowest BCUT2D eigenvalue weighted by Gasteiger charge is -2.12. The zero-order valence-electron chi connectivity index (χ0n) is 13.0. The monoisotopic (exact) mass is 310 g/mol. The first-order valence-electron chi connectivity index (χ1n) is 7.37. The Kier molecular flexibility index (Phi) is 4.18. The van der Waals surface area contributed by atoms with E-state index in [0.717, 1.165) is 11.4 Å². The summed E-state index contributed by atoms with van der Waals surface area (Å²) in [5.41, 5.74) is 0.991. The van der Waals surface area contributed by atoms with Crippen LogP contribution in [0.25, 0.3) is 11.4 Å². The standard InChI is InChI=1S/C16H18N6O/c1-12(22-10-6-9-18-22)16(23)17-11-14-19-20-15(21(14)2)13-7-4-3-5-8-13/h3-10,12H,11H2,1-2H3,(H,17,23). The highest BCUT2D eigenvalue weighted by Gasteiger charge is 2.16. The third-order valence-electron chi connectivity index (χ3n) is 3.72. The number of benzene rings is 1. The summed E-state index contributed by atoms with van der Waals surface area (Å²) < 4.78 is 3.50. The van der Waals surface area contributed by atoms with Gasteiger partial charge in [-0.1, -0.05) is 30.3 Å². The smallest absolute Gasteiger partial charge is 0.244 e. The topological polar surface area (TPSA) is 77.6 Å². The molecule has 1 atom stereocenters. The van der Waals surface area contributed by atoms with Crippen molar-refractivity contribution in [1.82, 2.24) is 29.9 Å². The van der Waals surface area contributed by atoms with Gasteiger partial charge in [-0.05, 0) is 13.0 Å². The Morgan fingerprint density at radius 2 is 2.00 bits per heavy atom. The Morgan fingerprint density at radius 3 is 2.70 bits per heavy atom. The molecule has 0 radical (unpaired) electrons. The van der Waals surface area contributed by atoms with Gasteiger partial charge in [-0.3, -0.25) is 9.48 Å². The summed E-state index contributed by atoms with van der Waals surface area (Å²) in [6.07, 6.45) is 3.42. The minimum atomic E-state index is -0.369. The predicted molar refractivity (Wildman–Crippen MR) is 85.2 cm³/mol. The molecule has 0 spiro atoms. The number of aromatic nitrogens is 5. The van der Waals surface area contributed by atoms with E-state index in [2.05, 4.69) is 20.6 Å². The molecular weight excluding hydrogens is 292 g/mol. The van der Waals surface area contributed by atoms with E-state index >= 15 is 0 Å². The molecule has 1 amide bonds. The van der Waals surface area contributed by atoms with E-state index in [0.29, 0.717) is 12.4 Å². The highest BCUT2D eigenvalue weighted by Crippen LogP contribution is 2.16. The quantitative estimate of drug-likeness (QED) is 0.775. The number of carbonyl (C=O) groups excluding carboxylic acids is 1. The van der Waals surface area contributed by atoms with Crippen LogP contribution in [-0.4, -0.2) is 30.5 Å². The molecule has 0 saturated heterocycles. The van der Waals surface area contributed by atoms with Crippen LogP contribution in [0.3, 0.4) is 0 Å². The van der Waals surface area contributed by atoms with Crippen molar-refractivity contribution in [2.75, 3.05) is 0 Å². The fraction of sp³-hybridized carbons (Fsp3) is 0.250. The number of hydrogen-bond acceptors (Lipinski definition) is 4.